The molecule has 0 aliphatic carbocycles. The van der Waals surface area contributed by atoms with E-state index in [-0.39, 0.29) is 5.56 Å². The molecular weight excluding hydrogens is 242 g/mol. The van der Waals surface area contributed by atoms with Crippen molar-refractivity contribution in [2.24, 2.45) is 0 Å². The summed E-state index contributed by atoms with van der Waals surface area (Å²) in [4.78, 5) is 17.5. The average Bonchev–Trinajstić information content (AvgIpc) is 2.37. The van der Waals surface area contributed by atoms with Gasteiger partial charge in [0, 0.05) is 25.0 Å². The van der Waals surface area contributed by atoms with Gasteiger partial charge in [0.15, 0.2) is 0 Å². The Bertz CT molecular complexity index is 421. The molecule has 1 rings (SSSR count). The molecule has 0 radical (unpaired) electrons. The van der Waals surface area contributed by atoms with Gasteiger partial charge in [-0.05, 0) is 32.5 Å². The topological polar surface area (TPSA) is 65.5 Å². The first-order chi connectivity index (χ1) is 9.08. The van der Waals surface area contributed by atoms with Crippen molar-refractivity contribution >= 4 is 11.7 Å². The molecule has 0 fully saturated rings. The van der Waals surface area contributed by atoms with Crippen LogP contribution in [-0.2, 0) is 0 Å². The lowest BCUT2D eigenvalue weighted by Crippen LogP contribution is -2.29. The molecule has 0 saturated carbocycles. The van der Waals surface area contributed by atoms with Gasteiger partial charge in [-0.3, -0.25) is 4.98 Å². The van der Waals surface area contributed by atoms with Gasteiger partial charge in [0.2, 0.25) is 0 Å². The molecule has 19 heavy (non-hydrogen) atoms. The molecule has 1 aromatic heterocycles. The summed E-state index contributed by atoms with van der Waals surface area (Å²) in [6.45, 7) is 9.87. The maximum atomic E-state index is 11.1. The first-order valence-electron chi connectivity index (χ1n) is 6.74. The number of aromatic nitrogens is 1. The first-order valence-corrected chi connectivity index (χ1v) is 6.74. The maximum absolute atomic E-state index is 11.1. The van der Waals surface area contributed by atoms with E-state index in [4.69, 9.17) is 5.11 Å². The summed E-state index contributed by atoms with van der Waals surface area (Å²) in [5, 5.41) is 12.3. The van der Waals surface area contributed by atoms with E-state index in [1.807, 2.05) is 6.92 Å². The Hall–Kier alpha value is -1.62. The van der Waals surface area contributed by atoms with Crippen LogP contribution >= 0.6 is 0 Å². The van der Waals surface area contributed by atoms with E-state index >= 15 is 0 Å². The molecule has 0 aromatic carbocycles. The Morgan fingerprint density at radius 3 is 2.74 bits per heavy atom. The van der Waals surface area contributed by atoms with Crippen LogP contribution in [0.3, 0.4) is 0 Å². The summed E-state index contributed by atoms with van der Waals surface area (Å²) >= 11 is 0. The van der Waals surface area contributed by atoms with Crippen LogP contribution in [0, 0.1) is 6.92 Å². The van der Waals surface area contributed by atoms with E-state index < -0.39 is 5.97 Å². The Labute approximate surface area is 114 Å². The lowest BCUT2D eigenvalue weighted by molar-refractivity contribution is 0.0697. The van der Waals surface area contributed by atoms with Crippen molar-refractivity contribution in [1.29, 1.82) is 0 Å². The summed E-state index contributed by atoms with van der Waals surface area (Å²) < 4.78 is 0. The zero-order valence-electron chi connectivity index (χ0n) is 11.9. The van der Waals surface area contributed by atoms with Gasteiger partial charge in [-0.1, -0.05) is 13.8 Å². The molecule has 0 saturated heterocycles. The number of hydrogen-bond donors (Lipinski definition) is 2. The van der Waals surface area contributed by atoms with Gasteiger partial charge in [-0.2, -0.15) is 0 Å². The van der Waals surface area contributed by atoms with Crippen molar-refractivity contribution in [2.75, 3.05) is 31.5 Å². The third-order valence-corrected chi connectivity index (χ3v) is 3.00. The summed E-state index contributed by atoms with van der Waals surface area (Å²) in [7, 11) is 0. The molecule has 0 atom stereocenters. The fraction of sp³-hybridized carbons (Fsp3) is 0.571. The van der Waals surface area contributed by atoms with Gasteiger partial charge in [0.05, 0.1) is 5.69 Å². The monoisotopic (exact) mass is 265 g/mol. The van der Waals surface area contributed by atoms with Crippen molar-refractivity contribution < 1.29 is 9.90 Å². The van der Waals surface area contributed by atoms with E-state index in [2.05, 4.69) is 29.0 Å². The first kappa shape index (κ1) is 15.4. The van der Waals surface area contributed by atoms with Crippen molar-refractivity contribution in [2.45, 2.75) is 27.2 Å². The maximum Gasteiger partial charge on any atom is 0.339 e. The lowest BCUT2D eigenvalue weighted by Gasteiger charge is -2.20. The summed E-state index contributed by atoms with van der Waals surface area (Å²) in [5.74, 6) is -0.948. The van der Waals surface area contributed by atoms with E-state index in [0.717, 1.165) is 38.3 Å². The number of carbonyl (C=O) groups is 1. The Morgan fingerprint density at radius 1 is 1.42 bits per heavy atom. The Kier molecular flexibility index (Phi) is 6.29. The van der Waals surface area contributed by atoms with Crippen LogP contribution in [0.4, 0.5) is 5.69 Å². The zero-order chi connectivity index (χ0) is 14.3. The second-order valence-corrected chi connectivity index (χ2v) is 4.54. The van der Waals surface area contributed by atoms with Gasteiger partial charge in [-0.15, -0.1) is 0 Å². The smallest absolute Gasteiger partial charge is 0.339 e. The van der Waals surface area contributed by atoms with Crippen LogP contribution in [0.2, 0.25) is 0 Å². The van der Waals surface area contributed by atoms with Crippen molar-refractivity contribution in [3.63, 3.8) is 0 Å². The molecular formula is C14H23N3O2. The van der Waals surface area contributed by atoms with Crippen LogP contribution in [0.15, 0.2) is 12.3 Å². The highest BCUT2D eigenvalue weighted by molar-refractivity contribution is 5.93. The molecule has 5 heteroatoms. The number of aromatic carboxylic acids is 1. The van der Waals surface area contributed by atoms with Gasteiger partial charge >= 0.3 is 5.97 Å². The molecule has 106 valence electrons. The average molecular weight is 265 g/mol. The largest absolute Gasteiger partial charge is 0.478 e. The molecule has 0 aliphatic rings. The highest BCUT2D eigenvalue weighted by atomic mass is 16.4. The fourth-order valence-electron chi connectivity index (χ4n) is 1.97. The molecule has 0 aliphatic heterocycles. The highest BCUT2D eigenvalue weighted by Crippen LogP contribution is 2.15. The quantitative estimate of drug-likeness (QED) is 0.754. The number of likely N-dealkylation sites (N-methyl/N-ethyl adjacent to an activating group) is 1. The number of nitrogens with one attached hydrogen (secondary N) is 1. The molecule has 0 unspecified atom stereocenters. The zero-order valence-corrected chi connectivity index (χ0v) is 11.9. The molecule has 0 bridgehead atoms. The summed E-state index contributed by atoms with van der Waals surface area (Å²) in [6, 6.07) is 1.78. The van der Waals surface area contributed by atoms with Gasteiger partial charge in [-0.25, -0.2) is 4.79 Å². The highest BCUT2D eigenvalue weighted by Gasteiger charge is 2.10. The second kappa shape index (κ2) is 7.74. The van der Waals surface area contributed by atoms with Crippen LogP contribution in [0.5, 0.6) is 0 Å². The predicted molar refractivity (Wildman–Crippen MR) is 76.8 cm³/mol. The molecule has 5 nitrogen and oxygen atoms in total. The molecule has 0 amide bonds. The number of carboxylic acids is 1. The molecule has 0 spiro atoms. The van der Waals surface area contributed by atoms with E-state index in [9.17, 15) is 4.79 Å². The van der Waals surface area contributed by atoms with Crippen molar-refractivity contribution in [3.05, 3.63) is 23.5 Å². The SMILES string of the molecule is CCCN(CC)CCNc1cc(C)ncc1C(=O)O. The van der Waals surface area contributed by atoms with Crippen LogP contribution in [-0.4, -0.2) is 47.1 Å². The number of aryl methyl sites for hydroxylation is 1. The number of hydrogen-bond acceptors (Lipinski definition) is 4. The number of rotatable bonds is 8. The number of pyridine rings is 1. The van der Waals surface area contributed by atoms with E-state index in [1.54, 1.807) is 6.07 Å². The number of anilines is 1. The van der Waals surface area contributed by atoms with Crippen LogP contribution in [0.25, 0.3) is 0 Å². The minimum Gasteiger partial charge on any atom is -0.478 e. The van der Waals surface area contributed by atoms with Crippen molar-refractivity contribution in [3.8, 4) is 0 Å². The van der Waals surface area contributed by atoms with Gasteiger partial charge in [0.25, 0.3) is 0 Å². The van der Waals surface area contributed by atoms with E-state index in [1.165, 1.54) is 6.20 Å². The Balaban J connectivity index is 2.61. The lowest BCUT2D eigenvalue weighted by atomic mass is 10.2. The third-order valence-electron chi connectivity index (χ3n) is 3.00. The predicted octanol–water partition coefficient (Wildman–Crippen LogP) is 2.23. The Morgan fingerprint density at radius 2 is 2.16 bits per heavy atom. The van der Waals surface area contributed by atoms with Gasteiger partial charge in [0.1, 0.15) is 5.56 Å². The standard InChI is InChI=1S/C14H23N3O2/c1-4-7-17(5-2)8-6-15-13-9-11(3)16-10-12(13)14(18)19/h9-10H,4-8H2,1-3H3,(H,15,16)(H,18,19). The van der Waals surface area contributed by atoms with E-state index in [0.29, 0.717) is 5.69 Å². The third kappa shape index (κ3) is 4.87. The molecule has 1 heterocycles. The minimum absolute atomic E-state index is 0.226. The second-order valence-electron chi connectivity index (χ2n) is 4.54. The molecule has 2 N–H and O–H groups in total. The van der Waals surface area contributed by atoms with Crippen LogP contribution < -0.4 is 5.32 Å². The fourth-order valence-corrected chi connectivity index (χ4v) is 1.97. The normalized spacial score (nSPS) is 10.7. The minimum atomic E-state index is -0.948. The molecule has 1 aromatic rings. The summed E-state index contributed by atoms with van der Waals surface area (Å²) in [6.07, 6.45) is 2.53. The number of carboxylic acid groups (broad SMARTS) is 1. The van der Waals surface area contributed by atoms with Crippen molar-refractivity contribution in [1.82, 2.24) is 9.88 Å². The van der Waals surface area contributed by atoms with Gasteiger partial charge < -0.3 is 15.3 Å². The summed E-state index contributed by atoms with van der Waals surface area (Å²) in [5.41, 5.74) is 1.69. The number of nitrogens with zero attached hydrogens (tertiary/aromatic N) is 2. The van der Waals surface area contributed by atoms with Crippen LogP contribution in [0.1, 0.15) is 36.3 Å².